The Bertz CT molecular complexity index is 330. The van der Waals surface area contributed by atoms with Gasteiger partial charge >= 0.3 is 0 Å². The predicted molar refractivity (Wildman–Crippen MR) is 69.4 cm³/mol. The fourth-order valence-electron chi connectivity index (χ4n) is 1.48. The van der Waals surface area contributed by atoms with E-state index in [4.69, 9.17) is 4.74 Å². The van der Waals surface area contributed by atoms with Gasteiger partial charge in [-0.05, 0) is 13.3 Å². The standard InChI is InChI=1S/C12H22N4O/c1-4-11-9-12(16-10(2)15-11)14-6-5-13-7-8-17-3/h9,13H,4-8H2,1-3H3,(H,14,15,16). The maximum absolute atomic E-state index is 4.95. The summed E-state index contributed by atoms with van der Waals surface area (Å²) in [6, 6.07) is 2.00. The topological polar surface area (TPSA) is 59.1 Å². The second kappa shape index (κ2) is 7.97. The van der Waals surface area contributed by atoms with E-state index in [0.717, 1.165) is 50.0 Å². The third-order valence-corrected chi connectivity index (χ3v) is 2.34. The van der Waals surface area contributed by atoms with Crippen molar-refractivity contribution in [2.45, 2.75) is 20.3 Å². The van der Waals surface area contributed by atoms with Crippen LogP contribution in [0, 0.1) is 6.92 Å². The molecule has 96 valence electrons. The van der Waals surface area contributed by atoms with Gasteiger partial charge in [-0.2, -0.15) is 0 Å². The van der Waals surface area contributed by atoms with Crippen LogP contribution in [-0.2, 0) is 11.2 Å². The van der Waals surface area contributed by atoms with Crippen molar-refractivity contribution in [2.75, 3.05) is 38.7 Å². The van der Waals surface area contributed by atoms with Crippen LogP contribution in [0.3, 0.4) is 0 Å². The van der Waals surface area contributed by atoms with Gasteiger partial charge in [0.25, 0.3) is 0 Å². The quantitative estimate of drug-likeness (QED) is 0.662. The largest absolute Gasteiger partial charge is 0.383 e. The van der Waals surface area contributed by atoms with Crippen molar-refractivity contribution in [1.82, 2.24) is 15.3 Å². The molecule has 0 fully saturated rings. The summed E-state index contributed by atoms with van der Waals surface area (Å²) in [5.41, 5.74) is 1.08. The van der Waals surface area contributed by atoms with Gasteiger partial charge in [0.15, 0.2) is 0 Å². The van der Waals surface area contributed by atoms with Gasteiger partial charge in [0.2, 0.25) is 0 Å². The van der Waals surface area contributed by atoms with Crippen molar-refractivity contribution in [3.05, 3.63) is 17.6 Å². The third kappa shape index (κ3) is 5.60. The van der Waals surface area contributed by atoms with Crippen LogP contribution in [-0.4, -0.2) is 43.3 Å². The highest BCUT2D eigenvalue weighted by Crippen LogP contribution is 2.06. The minimum Gasteiger partial charge on any atom is -0.383 e. The molecule has 0 aliphatic rings. The van der Waals surface area contributed by atoms with E-state index < -0.39 is 0 Å². The van der Waals surface area contributed by atoms with Crippen LogP contribution in [0.4, 0.5) is 5.82 Å². The van der Waals surface area contributed by atoms with E-state index in [0.29, 0.717) is 0 Å². The summed E-state index contributed by atoms with van der Waals surface area (Å²) < 4.78 is 4.95. The summed E-state index contributed by atoms with van der Waals surface area (Å²) in [5, 5.41) is 6.55. The molecule has 0 spiro atoms. The molecule has 0 aromatic carbocycles. The number of rotatable bonds is 8. The van der Waals surface area contributed by atoms with Gasteiger partial charge in [0.05, 0.1) is 6.61 Å². The van der Waals surface area contributed by atoms with Crippen molar-refractivity contribution in [3.63, 3.8) is 0 Å². The molecule has 0 aliphatic heterocycles. The molecule has 0 bridgehead atoms. The van der Waals surface area contributed by atoms with Gasteiger partial charge in [-0.25, -0.2) is 9.97 Å². The number of nitrogens with one attached hydrogen (secondary N) is 2. The monoisotopic (exact) mass is 238 g/mol. The Hall–Kier alpha value is -1.20. The Kier molecular flexibility index (Phi) is 6.50. The van der Waals surface area contributed by atoms with E-state index in [-0.39, 0.29) is 0 Å². The Morgan fingerprint density at radius 3 is 2.76 bits per heavy atom. The zero-order valence-electron chi connectivity index (χ0n) is 10.9. The minimum absolute atomic E-state index is 0.743. The number of hydrogen-bond donors (Lipinski definition) is 2. The summed E-state index contributed by atoms with van der Waals surface area (Å²) in [5.74, 6) is 1.72. The average Bonchev–Trinajstić information content (AvgIpc) is 2.33. The Labute approximate surface area is 103 Å². The lowest BCUT2D eigenvalue weighted by molar-refractivity contribution is 0.200. The number of ether oxygens (including phenoxy) is 1. The van der Waals surface area contributed by atoms with Gasteiger partial charge in [0, 0.05) is 38.5 Å². The highest BCUT2D eigenvalue weighted by molar-refractivity contribution is 5.35. The van der Waals surface area contributed by atoms with Crippen LogP contribution >= 0.6 is 0 Å². The smallest absolute Gasteiger partial charge is 0.129 e. The minimum atomic E-state index is 0.743. The number of anilines is 1. The normalized spacial score (nSPS) is 10.5. The molecule has 0 atom stereocenters. The van der Waals surface area contributed by atoms with Crippen LogP contribution in [0.25, 0.3) is 0 Å². The Morgan fingerprint density at radius 2 is 2.06 bits per heavy atom. The first kappa shape index (κ1) is 13.9. The van der Waals surface area contributed by atoms with E-state index in [1.54, 1.807) is 7.11 Å². The van der Waals surface area contributed by atoms with Gasteiger partial charge < -0.3 is 15.4 Å². The molecule has 0 radical (unpaired) electrons. The zero-order valence-corrected chi connectivity index (χ0v) is 10.9. The molecule has 1 aromatic rings. The van der Waals surface area contributed by atoms with Gasteiger partial charge in [0.1, 0.15) is 11.6 Å². The van der Waals surface area contributed by atoms with Crippen molar-refractivity contribution >= 4 is 5.82 Å². The molecular formula is C12H22N4O. The molecule has 1 heterocycles. The zero-order chi connectivity index (χ0) is 12.5. The molecule has 1 aromatic heterocycles. The fourth-order valence-corrected chi connectivity index (χ4v) is 1.48. The van der Waals surface area contributed by atoms with E-state index in [1.165, 1.54) is 0 Å². The summed E-state index contributed by atoms with van der Waals surface area (Å²) >= 11 is 0. The molecule has 0 amide bonds. The van der Waals surface area contributed by atoms with E-state index in [1.807, 2.05) is 13.0 Å². The lowest BCUT2D eigenvalue weighted by Gasteiger charge is -2.08. The molecule has 0 saturated carbocycles. The van der Waals surface area contributed by atoms with Crippen LogP contribution in [0.5, 0.6) is 0 Å². The van der Waals surface area contributed by atoms with Crippen LogP contribution in [0.15, 0.2) is 6.07 Å². The number of methoxy groups -OCH3 is 1. The van der Waals surface area contributed by atoms with E-state index in [2.05, 4.69) is 27.5 Å². The lowest BCUT2D eigenvalue weighted by Crippen LogP contribution is -2.25. The molecule has 0 unspecified atom stereocenters. The Balaban J connectivity index is 2.28. The van der Waals surface area contributed by atoms with Crippen LogP contribution in [0.2, 0.25) is 0 Å². The Morgan fingerprint density at radius 1 is 1.24 bits per heavy atom. The van der Waals surface area contributed by atoms with Crippen molar-refractivity contribution < 1.29 is 4.74 Å². The number of aromatic nitrogens is 2. The van der Waals surface area contributed by atoms with Crippen LogP contribution < -0.4 is 10.6 Å². The molecule has 1 rings (SSSR count). The highest BCUT2D eigenvalue weighted by atomic mass is 16.5. The first-order valence-electron chi connectivity index (χ1n) is 6.04. The maximum atomic E-state index is 4.95. The van der Waals surface area contributed by atoms with Crippen molar-refractivity contribution in [2.24, 2.45) is 0 Å². The molecule has 2 N–H and O–H groups in total. The lowest BCUT2D eigenvalue weighted by atomic mass is 10.3. The van der Waals surface area contributed by atoms with Crippen LogP contribution in [0.1, 0.15) is 18.4 Å². The molecule has 17 heavy (non-hydrogen) atoms. The molecule has 5 nitrogen and oxygen atoms in total. The van der Waals surface area contributed by atoms with Gasteiger partial charge in [-0.3, -0.25) is 0 Å². The number of aryl methyl sites for hydroxylation is 2. The highest BCUT2D eigenvalue weighted by Gasteiger charge is 1.99. The second-order valence-electron chi connectivity index (χ2n) is 3.81. The van der Waals surface area contributed by atoms with Crippen molar-refractivity contribution in [3.8, 4) is 0 Å². The fraction of sp³-hybridized carbons (Fsp3) is 0.667. The molecular weight excluding hydrogens is 216 g/mol. The second-order valence-corrected chi connectivity index (χ2v) is 3.81. The summed E-state index contributed by atoms with van der Waals surface area (Å²) in [6.07, 6.45) is 0.935. The first-order chi connectivity index (χ1) is 8.26. The summed E-state index contributed by atoms with van der Waals surface area (Å²) in [7, 11) is 1.70. The van der Waals surface area contributed by atoms with E-state index >= 15 is 0 Å². The van der Waals surface area contributed by atoms with Gasteiger partial charge in [-0.1, -0.05) is 6.92 Å². The summed E-state index contributed by atoms with van der Waals surface area (Å²) in [6.45, 7) is 7.38. The molecule has 0 saturated heterocycles. The number of nitrogens with zero attached hydrogens (tertiary/aromatic N) is 2. The summed E-state index contributed by atoms with van der Waals surface area (Å²) in [4.78, 5) is 8.68. The molecule has 0 aliphatic carbocycles. The van der Waals surface area contributed by atoms with Gasteiger partial charge in [-0.15, -0.1) is 0 Å². The first-order valence-corrected chi connectivity index (χ1v) is 6.04. The molecule has 5 heteroatoms. The number of hydrogen-bond acceptors (Lipinski definition) is 5. The van der Waals surface area contributed by atoms with E-state index in [9.17, 15) is 0 Å². The SMILES string of the molecule is CCc1cc(NCCNCCOC)nc(C)n1. The average molecular weight is 238 g/mol. The maximum Gasteiger partial charge on any atom is 0.129 e. The third-order valence-electron chi connectivity index (χ3n) is 2.34. The predicted octanol–water partition coefficient (Wildman–Crippen LogP) is 0.995. The van der Waals surface area contributed by atoms with Crippen molar-refractivity contribution in [1.29, 1.82) is 0 Å².